The zero-order valence-corrected chi connectivity index (χ0v) is 13.0. The SMILES string of the molecule is COC(=O)[C@H](Cc1cc(O)ccc1F)NC(=O)OC(C)(C)C. The number of rotatable bonds is 4. The molecular formula is C15H20FNO5. The van der Waals surface area contributed by atoms with Crippen molar-refractivity contribution < 1.29 is 28.6 Å². The van der Waals surface area contributed by atoms with E-state index in [-0.39, 0.29) is 17.7 Å². The van der Waals surface area contributed by atoms with Gasteiger partial charge in [0, 0.05) is 6.42 Å². The van der Waals surface area contributed by atoms with Gasteiger partial charge in [-0.3, -0.25) is 0 Å². The monoisotopic (exact) mass is 313 g/mol. The third kappa shape index (κ3) is 5.59. The number of ether oxygens (including phenoxy) is 2. The lowest BCUT2D eigenvalue weighted by atomic mass is 10.1. The Morgan fingerprint density at radius 2 is 2.00 bits per heavy atom. The molecule has 1 rings (SSSR count). The lowest BCUT2D eigenvalue weighted by Gasteiger charge is -2.22. The zero-order valence-electron chi connectivity index (χ0n) is 13.0. The van der Waals surface area contributed by atoms with Crippen LogP contribution >= 0.6 is 0 Å². The van der Waals surface area contributed by atoms with E-state index < -0.39 is 29.5 Å². The third-order valence-electron chi connectivity index (χ3n) is 2.63. The number of amides is 1. The molecule has 0 aliphatic rings. The molecule has 1 atom stereocenters. The fourth-order valence-electron chi connectivity index (χ4n) is 1.72. The summed E-state index contributed by atoms with van der Waals surface area (Å²) in [6.07, 6.45) is -0.991. The Balaban J connectivity index is 2.87. The van der Waals surface area contributed by atoms with Crippen LogP contribution in [0.3, 0.4) is 0 Å². The lowest BCUT2D eigenvalue weighted by Crippen LogP contribution is -2.45. The van der Waals surface area contributed by atoms with Gasteiger partial charge in [-0.25, -0.2) is 14.0 Å². The van der Waals surface area contributed by atoms with Crippen molar-refractivity contribution in [2.45, 2.75) is 38.8 Å². The molecule has 0 radical (unpaired) electrons. The highest BCUT2D eigenvalue weighted by Crippen LogP contribution is 2.17. The number of benzene rings is 1. The average Bonchev–Trinajstić information content (AvgIpc) is 2.39. The lowest BCUT2D eigenvalue weighted by molar-refractivity contribution is -0.143. The summed E-state index contributed by atoms with van der Waals surface area (Å²) < 4.78 is 23.3. The molecule has 6 nitrogen and oxygen atoms in total. The summed E-state index contributed by atoms with van der Waals surface area (Å²) in [5.41, 5.74) is -0.660. The summed E-state index contributed by atoms with van der Waals surface area (Å²) in [6, 6.07) is 2.32. The highest BCUT2D eigenvalue weighted by molar-refractivity contribution is 5.81. The van der Waals surface area contributed by atoms with Gasteiger partial charge < -0.3 is 19.9 Å². The van der Waals surface area contributed by atoms with Crippen LogP contribution in [0.15, 0.2) is 18.2 Å². The summed E-state index contributed by atoms with van der Waals surface area (Å²) >= 11 is 0. The minimum absolute atomic E-state index is 0.0754. The number of halogens is 1. The van der Waals surface area contributed by atoms with Crippen molar-refractivity contribution in [3.63, 3.8) is 0 Å². The maximum atomic E-state index is 13.7. The molecule has 2 N–H and O–H groups in total. The number of phenols is 1. The van der Waals surface area contributed by atoms with Gasteiger partial charge in [-0.05, 0) is 44.5 Å². The Labute approximate surface area is 128 Å². The van der Waals surface area contributed by atoms with E-state index in [4.69, 9.17) is 4.74 Å². The number of phenolic OH excluding ortho intramolecular Hbond substituents is 1. The number of aromatic hydroxyl groups is 1. The van der Waals surface area contributed by atoms with Crippen molar-refractivity contribution >= 4 is 12.1 Å². The van der Waals surface area contributed by atoms with Gasteiger partial charge in [-0.1, -0.05) is 0 Å². The molecule has 1 amide bonds. The normalized spacial score (nSPS) is 12.4. The summed E-state index contributed by atoms with van der Waals surface area (Å²) in [5, 5.41) is 11.7. The van der Waals surface area contributed by atoms with Crippen LogP contribution in [0, 0.1) is 5.82 Å². The van der Waals surface area contributed by atoms with E-state index in [0.29, 0.717) is 0 Å². The molecule has 0 fully saturated rings. The van der Waals surface area contributed by atoms with E-state index in [0.717, 1.165) is 13.2 Å². The number of alkyl carbamates (subject to hydrolysis) is 1. The quantitative estimate of drug-likeness (QED) is 0.832. The van der Waals surface area contributed by atoms with Crippen LogP contribution < -0.4 is 5.32 Å². The van der Waals surface area contributed by atoms with Crippen molar-refractivity contribution in [2.75, 3.05) is 7.11 Å². The molecule has 0 heterocycles. The first kappa shape index (κ1) is 17.7. The molecule has 1 aromatic carbocycles. The van der Waals surface area contributed by atoms with Gasteiger partial charge in [-0.15, -0.1) is 0 Å². The van der Waals surface area contributed by atoms with Gasteiger partial charge >= 0.3 is 12.1 Å². The van der Waals surface area contributed by atoms with Crippen molar-refractivity contribution in [1.29, 1.82) is 0 Å². The minimum Gasteiger partial charge on any atom is -0.508 e. The Morgan fingerprint density at radius 1 is 1.36 bits per heavy atom. The van der Waals surface area contributed by atoms with Crippen LogP contribution in [0.2, 0.25) is 0 Å². The fourth-order valence-corrected chi connectivity index (χ4v) is 1.72. The van der Waals surface area contributed by atoms with E-state index in [9.17, 15) is 19.1 Å². The van der Waals surface area contributed by atoms with E-state index in [2.05, 4.69) is 10.1 Å². The Kier molecular flexibility index (Phi) is 5.73. The van der Waals surface area contributed by atoms with Crippen molar-refractivity contribution in [2.24, 2.45) is 0 Å². The van der Waals surface area contributed by atoms with Gasteiger partial charge in [0.2, 0.25) is 0 Å². The van der Waals surface area contributed by atoms with Crippen molar-refractivity contribution in [3.8, 4) is 5.75 Å². The van der Waals surface area contributed by atoms with Crippen LogP contribution in [0.25, 0.3) is 0 Å². The highest BCUT2D eigenvalue weighted by atomic mass is 19.1. The van der Waals surface area contributed by atoms with Crippen LogP contribution in [0.4, 0.5) is 9.18 Å². The van der Waals surface area contributed by atoms with Crippen LogP contribution in [0.5, 0.6) is 5.75 Å². The molecule has 7 heteroatoms. The maximum Gasteiger partial charge on any atom is 0.408 e. The molecule has 0 aliphatic heterocycles. The molecule has 0 bridgehead atoms. The third-order valence-corrected chi connectivity index (χ3v) is 2.63. The minimum atomic E-state index is -1.13. The second-order valence-corrected chi connectivity index (χ2v) is 5.70. The second kappa shape index (κ2) is 7.11. The Hall–Kier alpha value is -2.31. The maximum absolute atomic E-state index is 13.7. The van der Waals surface area contributed by atoms with Gasteiger partial charge in [0.25, 0.3) is 0 Å². The van der Waals surface area contributed by atoms with E-state index in [1.165, 1.54) is 12.1 Å². The molecule has 0 aromatic heterocycles. The van der Waals surface area contributed by atoms with Crippen molar-refractivity contribution in [1.82, 2.24) is 5.32 Å². The Bertz CT molecular complexity index is 553. The van der Waals surface area contributed by atoms with E-state index >= 15 is 0 Å². The van der Waals surface area contributed by atoms with Crippen LogP contribution in [0.1, 0.15) is 26.3 Å². The average molecular weight is 313 g/mol. The van der Waals surface area contributed by atoms with E-state index in [1.807, 2.05) is 0 Å². The number of methoxy groups -OCH3 is 1. The number of nitrogens with one attached hydrogen (secondary N) is 1. The van der Waals surface area contributed by atoms with Gasteiger partial charge in [0.1, 0.15) is 23.2 Å². The zero-order chi connectivity index (χ0) is 16.9. The highest BCUT2D eigenvalue weighted by Gasteiger charge is 2.26. The number of hydrogen-bond donors (Lipinski definition) is 2. The van der Waals surface area contributed by atoms with Crippen LogP contribution in [-0.4, -0.2) is 35.9 Å². The van der Waals surface area contributed by atoms with Crippen molar-refractivity contribution in [3.05, 3.63) is 29.6 Å². The predicted octanol–water partition coefficient (Wildman–Crippen LogP) is 2.14. The van der Waals surface area contributed by atoms with E-state index in [1.54, 1.807) is 20.8 Å². The molecule has 0 saturated heterocycles. The smallest absolute Gasteiger partial charge is 0.408 e. The molecule has 0 aliphatic carbocycles. The largest absolute Gasteiger partial charge is 0.508 e. The van der Waals surface area contributed by atoms with Gasteiger partial charge in [-0.2, -0.15) is 0 Å². The molecule has 0 unspecified atom stereocenters. The van der Waals surface area contributed by atoms with Gasteiger partial charge in [0.15, 0.2) is 0 Å². The summed E-state index contributed by atoms with van der Waals surface area (Å²) in [5.74, 6) is -1.48. The summed E-state index contributed by atoms with van der Waals surface area (Å²) in [7, 11) is 1.16. The summed E-state index contributed by atoms with van der Waals surface area (Å²) in [6.45, 7) is 5.03. The van der Waals surface area contributed by atoms with Gasteiger partial charge in [0.05, 0.1) is 7.11 Å². The number of hydrogen-bond acceptors (Lipinski definition) is 5. The standard InChI is InChI=1S/C15H20FNO5/c1-15(2,3)22-14(20)17-12(13(19)21-4)8-9-7-10(18)5-6-11(9)16/h5-7,12,18H,8H2,1-4H3,(H,17,20)/t12-/m0/s1. The Morgan fingerprint density at radius 3 is 2.55 bits per heavy atom. The topological polar surface area (TPSA) is 84.9 Å². The molecule has 1 aromatic rings. The molecule has 0 spiro atoms. The first-order chi connectivity index (χ1) is 10.1. The second-order valence-electron chi connectivity index (χ2n) is 5.70. The fraction of sp³-hybridized carbons (Fsp3) is 0.467. The number of carbonyl (C=O) groups excluding carboxylic acids is 2. The summed E-state index contributed by atoms with van der Waals surface area (Å²) in [4.78, 5) is 23.5. The molecular weight excluding hydrogens is 293 g/mol. The van der Waals surface area contributed by atoms with Crippen LogP contribution in [-0.2, 0) is 20.7 Å². The molecule has 22 heavy (non-hydrogen) atoms. The number of carbonyl (C=O) groups is 2. The molecule has 122 valence electrons. The first-order valence-electron chi connectivity index (χ1n) is 6.67. The number of esters is 1. The predicted molar refractivity (Wildman–Crippen MR) is 76.9 cm³/mol. The first-order valence-corrected chi connectivity index (χ1v) is 6.67. The molecule has 0 saturated carbocycles.